The highest BCUT2D eigenvalue weighted by Crippen LogP contribution is 2.06. The van der Waals surface area contributed by atoms with Crippen molar-refractivity contribution in [2.75, 3.05) is 26.2 Å². The van der Waals surface area contributed by atoms with Crippen LogP contribution in [0.15, 0.2) is 0 Å². The summed E-state index contributed by atoms with van der Waals surface area (Å²) in [5, 5.41) is 4.37. The normalized spacial score (nSPS) is 27.8. The van der Waals surface area contributed by atoms with Gasteiger partial charge >= 0.3 is 0 Å². The Balaban J connectivity index is 2.29. The molecular weight excluding hydrogens is 136 g/mol. The molecule has 1 radical (unpaired) electrons. The summed E-state index contributed by atoms with van der Waals surface area (Å²) in [6.45, 7) is 11.3. The van der Waals surface area contributed by atoms with Gasteiger partial charge in [-0.15, -0.1) is 0 Å². The monoisotopic (exact) mass is 155 g/mol. The zero-order valence-corrected chi connectivity index (χ0v) is 7.88. The lowest BCUT2D eigenvalue weighted by Crippen LogP contribution is -2.48. The van der Waals surface area contributed by atoms with Crippen LogP contribution in [-0.2, 0) is 0 Å². The zero-order valence-electron chi connectivity index (χ0n) is 7.88. The van der Waals surface area contributed by atoms with E-state index < -0.39 is 0 Å². The van der Waals surface area contributed by atoms with Crippen molar-refractivity contribution < 1.29 is 0 Å². The van der Waals surface area contributed by atoms with E-state index in [0.717, 1.165) is 19.0 Å². The summed E-state index contributed by atoms with van der Waals surface area (Å²) in [6, 6.07) is 0.672. The van der Waals surface area contributed by atoms with Gasteiger partial charge in [-0.05, 0) is 12.8 Å². The van der Waals surface area contributed by atoms with Gasteiger partial charge in [-0.1, -0.05) is 13.8 Å². The predicted molar refractivity (Wildman–Crippen MR) is 47.7 cm³/mol. The van der Waals surface area contributed by atoms with Gasteiger partial charge in [0.2, 0.25) is 0 Å². The maximum atomic E-state index is 4.37. The van der Waals surface area contributed by atoms with Crippen molar-refractivity contribution in [2.24, 2.45) is 5.92 Å². The molecule has 1 unspecified atom stereocenters. The first kappa shape index (κ1) is 9.01. The largest absolute Gasteiger partial charge is 0.298 e. The van der Waals surface area contributed by atoms with Crippen molar-refractivity contribution >= 4 is 0 Å². The molecular formula is C9H19N2. The van der Waals surface area contributed by atoms with Gasteiger partial charge in [0, 0.05) is 32.2 Å². The Morgan fingerprint density at radius 1 is 1.55 bits per heavy atom. The second-order valence-corrected chi connectivity index (χ2v) is 3.87. The predicted octanol–water partition coefficient (Wildman–Crippen LogP) is 0.951. The lowest BCUT2D eigenvalue weighted by Gasteiger charge is -2.34. The summed E-state index contributed by atoms with van der Waals surface area (Å²) in [5.74, 6) is 0.788. The van der Waals surface area contributed by atoms with Gasteiger partial charge in [0.1, 0.15) is 0 Å². The molecule has 0 aromatic carbocycles. The van der Waals surface area contributed by atoms with Gasteiger partial charge < -0.3 is 0 Å². The van der Waals surface area contributed by atoms with Crippen LogP contribution in [0.1, 0.15) is 20.8 Å². The van der Waals surface area contributed by atoms with Crippen molar-refractivity contribution in [3.05, 3.63) is 0 Å². The first-order chi connectivity index (χ1) is 5.20. The molecule has 1 rings (SSSR count). The highest BCUT2D eigenvalue weighted by atomic mass is 15.2. The third kappa shape index (κ3) is 2.80. The standard InChI is InChI=1S/C9H19N2/c1-8(2)7-11-5-4-10-6-9(11)3/h8-9H,4-7H2,1-3H3. The molecule has 1 saturated heterocycles. The van der Waals surface area contributed by atoms with E-state index in [-0.39, 0.29) is 0 Å². The molecule has 2 nitrogen and oxygen atoms in total. The fraction of sp³-hybridized carbons (Fsp3) is 1.00. The van der Waals surface area contributed by atoms with Crippen LogP contribution in [0.4, 0.5) is 0 Å². The third-order valence-corrected chi connectivity index (χ3v) is 2.16. The number of hydrogen-bond donors (Lipinski definition) is 0. The molecule has 1 fully saturated rings. The van der Waals surface area contributed by atoms with Crippen molar-refractivity contribution in [1.29, 1.82) is 0 Å². The van der Waals surface area contributed by atoms with E-state index in [4.69, 9.17) is 0 Å². The summed E-state index contributed by atoms with van der Waals surface area (Å²) in [4.78, 5) is 2.54. The molecule has 1 aliphatic rings. The fourth-order valence-electron chi connectivity index (χ4n) is 1.55. The van der Waals surface area contributed by atoms with Crippen LogP contribution in [0.25, 0.3) is 0 Å². The van der Waals surface area contributed by atoms with Crippen LogP contribution in [0.2, 0.25) is 0 Å². The molecule has 0 saturated carbocycles. The second-order valence-electron chi connectivity index (χ2n) is 3.87. The lowest BCUT2D eigenvalue weighted by atomic mass is 10.1. The van der Waals surface area contributed by atoms with E-state index >= 15 is 0 Å². The minimum Gasteiger partial charge on any atom is -0.298 e. The molecule has 1 aliphatic heterocycles. The maximum Gasteiger partial charge on any atom is 0.0287 e. The quantitative estimate of drug-likeness (QED) is 0.580. The Bertz CT molecular complexity index is 112. The molecule has 2 heteroatoms. The highest BCUT2D eigenvalue weighted by Gasteiger charge is 2.18. The maximum absolute atomic E-state index is 4.37. The van der Waals surface area contributed by atoms with Gasteiger partial charge in [0.25, 0.3) is 0 Å². The third-order valence-electron chi connectivity index (χ3n) is 2.16. The number of piperazine rings is 1. The molecule has 0 bridgehead atoms. The molecule has 0 aromatic heterocycles. The van der Waals surface area contributed by atoms with Gasteiger partial charge in [0.05, 0.1) is 0 Å². The molecule has 11 heavy (non-hydrogen) atoms. The second kappa shape index (κ2) is 4.07. The first-order valence-corrected chi connectivity index (χ1v) is 4.57. The molecule has 1 atom stereocenters. The minimum absolute atomic E-state index is 0.672. The van der Waals surface area contributed by atoms with Crippen molar-refractivity contribution in [3.8, 4) is 0 Å². The van der Waals surface area contributed by atoms with Gasteiger partial charge in [-0.25, -0.2) is 5.32 Å². The average Bonchev–Trinajstić information content (AvgIpc) is 1.93. The number of nitrogens with zero attached hydrogens (tertiary/aromatic N) is 2. The van der Waals surface area contributed by atoms with Crippen LogP contribution in [0.3, 0.4) is 0 Å². The summed E-state index contributed by atoms with van der Waals surface area (Å²) in [5.41, 5.74) is 0. The number of rotatable bonds is 2. The van der Waals surface area contributed by atoms with Crippen molar-refractivity contribution in [3.63, 3.8) is 0 Å². The molecule has 0 amide bonds. The molecule has 0 aromatic rings. The molecule has 0 aliphatic carbocycles. The van der Waals surface area contributed by atoms with Gasteiger partial charge in [-0.3, -0.25) is 4.90 Å². The number of hydrogen-bond acceptors (Lipinski definition) is 1. The summed E-state index contributed by atoms with van der Waals surface area (Å²) in [7, 11) is 0. The first-order valence-electron chi connectivity index (χ1n) is 4.57. The fourth-order valence-corrected chi connectivity index (χ4v) is 1.55. The molecule has 65 valence electrons. The van der Waals surface area contributed by atoms with Crippen molar-refractivity contribution in [1.82, 2.24) is 10.2 Å². The SMILES string of the molecule is CC(C)CN1CC[N]CC1C. The topological polar surface area (TPSA) is 17.3 Å². The summed E-state index contributed by atoms with van der Waals surface area (Å²) < 4.78 is 0. The zero-order chi connectivity index (χ0) is 8.27. The van der Waals surface area contributed by atoms with Gasteiger partial charge in [0.15, 0.2) is 0 Å². The Labute approximate surface area is 70.0 Å². The van der Waals surface area contributed by atoms with E-state index in [1.54, 1.807) is 0 Å². The Morgan fingerprint density at radius 2 is 2.27 bits per heavy atom. The Kier molecular flexibility index (Phi) is 3.34. The average molecular weight is 155 g/mol. The van der Waals surface area contributed by atoms with E-state index in [0.29, 0.717) is 6.04 Å². The van der Waals surface area contributed by atoms with E-state index in [2.05, 4.69) is 31.0 Å². The summed E-state index contributed by atoms with van der Waals surface area (Å²) >= 11 is 0. The van der Waals surface area contributed by atoms with E-state index in [1.807, 2.05) is 0 Å². The van der Waals surface area contributed by atoms with Crippen LogP contribution in [0.5, 0.6) is 0 Å². The van der Waals surface area contributed by atoms with Crippen LogP contribution >= 0.6 is 0 Å². The Hall–Kier alpha value is -0.0800. The van der Waals surface area contributed by atoms with Gasteiger partial charge in [-0.2, -0.15) is 0 Å². The van der Waals surface area contributed by atoms with E-state index in [9.17, 15) is 0 Å². The molecule has 0 spiro atoms. The van der Waals surface area contributed by atoms with E-state index in [1.165, 1.54) is 13.1 Å². The van der Waals surface area contributed by atoms with Crippen LogP contribution in [0, 0.1) is 5.92 Å². The van der Waals surface area contributed by atoms with Crippen LogP contribution in [-0.4, -0.2) is 37.1 Å². The van der Waals surface area contributed by atoms with Crippen LogP contribution < -0.4 is 5.32 Å². The lowest BCUT2D eigenvalue weighted by molar-refractivity contribution is 0.154. The van der Waals surface area contributed by atoms with Crippen molar-refractivity contribution in [2.45, 2.75) is 26.8 Å². The summed E-state index contributed by atoms with van der Waals surface area (Å²) in [6.07, 6.45) is 0. The molecule has 1 heterocycles. The molecule has 0 N–H and O–H groups in total. The smallest absolute Gasteiger partial charge is 0.0287 e. The minimum atomic E-state index is 0.672. The Morgan fingerprint density at radius 3 is 2.82 bits per heavy atom. The highest BCUT2D eigenvalue weighted by molar-refractivity contribution is 4.75.